The molecular formula is C26H34N2O6. The number of amides is 2. The van der Waals surface area contributed by atoms with Crippen LogP contribution in [0.2, 0.25) is 0 Å². The number of rotatable bonds is 8. The van der Waals surface area contributed by atoms with Gasteiger partial charge in [-0.25, -0.2) is 9.59 Å². The van der Waals surface area contributed by atoms with E-state index in [4.69, 9.17) is 18.9 Å². The zero-order chi connectivity index (χ0) is 24.7. The number of fused-ring (bicyclic) bond motifs is 1. The minimum atomic E-state index is -0.424. The van der Waals surface area contributed by atoms with Gasteiger partial charge in [0.25, 0.3) is 0 Å². The standard InChI is InChI=1S/C26H34N2O6/c1-6-19-14-21(27(25(29)33-7-2)17-18-12-10-9-11-13-18)20-15-23(31-4)24(32-5)16-22(20)28(19)26(30)34-8-3/h9-13,15-16,19,21H,6-8,14,17H2,1-5H3/t19-,21-/m0/s1. The second kappa shape index (κ2) is 11.6. The Bertz CT molecular complexity index is 981. The lowest BCUT2D eigenvalue weighted by Gasteiger charge is -2.43. The molecule has 0 aliphatic carbocycles. The van der Waals surface area contributed by atoms with Crippen LogP contribution in [0.5, 0.6) is 11.5 Å². The van der Waals surface area contributed by atoms with Crippen LogP contribution in [-0.4, -0.2) is 50.6 Å². The van der Waals surface area contributed by atoms with Crippen LogP contribution in [0.1, 0.15) is 50.8 Å². The van der Waals surface area contributed by atoms with Crippen LogP contribution < -0.4 is 14.4 Å². The van der Waals surface area contributed by atoms with E-state index in [0.29, 0.717) is 36.6 Å². The van der Waals surface area contributed by atoms with Crippen molar-refractivity contribution in [2.24, 2.45) is 0 Å². The van der Waals surface area contributed by atoms with Crippen LogP contribution in [0.4, 0.5) is 15.3 Å². The van der Waals surface area contributed by atoms with Crippen molar-refractivity contribution in [2.45, 2.75) is 52.2 Å². The van der Waals surface area contributed by atoms with E-state index in [2.05, 4.69) is 0 Å². The number of ether oxygens (including phenoxy) is 4. The van der Waals surface area contributed by atoms with E-state index in [-0.39, 0.29) is 25.3 Å². The van der Waals surface area contributed by atoms with Crippen molar-refractivity contribution in [1.82, 2.24) is 4.90 Å². The second-order valence-electron chi connectivity index (χ2n) is 7.96. The van der Waals surface area contributed by atoms with Crippen LogP contribution in [0, 0.1) is 0 Å². The van der Waals surface area contributed by atoms with Gasteiger partial charge in [0, 0.05) is 24.2 Å². The van der Waals surface area contributed by atoms with Crippen molar-refractivity contribution >= 4 is 17.9 Å². The highest BCUT2D eigenvalue weighted by atomic mass is 16.6. The first-order chi connectivity index (χ1) is 16.5. The average Bonchev–Trinajstić information content (AvgIpc) is 2.86. The van der Waals surface area contributed by atoms with Gasteiger partial charge in [-0.1, -0.05) is 37.3 Å². The van der Waals surface area contributed by atoms with Crippen LogP contribution in [0.15, 0.2) is 42.5 Å². The Morgan fingerprint density at radius 2 is 1.62 bits per heavy atom. The summed E-state index contributed by atoms with van der Waals surface area (Å²) in [4.78, 5) is 29.6. The van der Waals surface area contributed by atoms with Crippen molar-refractivity contribution in [3.05, 3.63) is 53.6 Å². The van der Waals surface area contributed by atoms with Gasteiger partial charge in [-0.15, -0.1) is 0 Å². The Balaban J connectivity index is 2.17. The molecule has 0 saturated heterocycles. The van der Waals surface area contributed by atoms with E-state index < -0.39 is 12.2 Å². The number of carbonyl (C=O) groups excluding carboxylic acids is 2. The summed E-state index contributed by atoms with van der Waals surface area (Å²) in [5.41, 5.74) is 2.40. The Hall–Kier alpha value is -3.42. The molecule has 3 rings (SSSR count). The topological polar surface area (TPSA) is 77.5 Å². The molecule has 1 heterocycles. The Kier molecular flexibility index (Phi) is 8.62. The summed E-state index contributed by atoms with van der Waals surface area (Å²) < 4.78 is 21.9. The molecule has 8 nitrogen and oxygen atoms in total. The molecule has 8 heteroatoms. The largest absolute Gasteiger partial charge is 0.493 e. The highest BCUT2D eigenvalue weighted by molar-refractivity contribution is 5.91. The number of benzene rings is 2. The molecule has 2 aromatic rings. The predicted molar refractivity (Wildman–Crippen MR) is 129 cm³/mol. The molecule has 1 aliphatic heterocycles. The molecule has 0 aromatic heterocycles. The number of hydrogen-bond acceptors (Lipinski definition) is 6. The number of methoxy groups -OCH3 is 2. The van der Waals surface area contributed by atoms with Crippen LogP contribution in [0.3, 0.4) is 0 Å². The lowest BCUT2D eigenvalue weighted by atomic mass is 9.88. The molecule has 0 radical (unpaired) electrons. The number of hydrogen-bond donors (Lipinski definition) is 0. The molecule has 0 N–H and O–H groups in total. The lowest BCUT2D eigenvalue weighted by Crippen LogP contribution is -2.48. The van der Waals surface area contributed by atoms with Gasteiger partial charge in [-0.3, -0.25) is 9.80 Å². The maximum absolute atomic E-state index is 13.2. The third-order valence-electron chi connectivity index (χ3n) is 6.02. The van der Waals surface area contributed by atoms with Gasteiger partial charge < -0.3 is 18.9 Å². The summed E-state index contributed by atoms with van der Waals surface area (Å²) >= 11 is 0. The summed E-state index contributed by atoms with van der Waals surface area (Å²) in [7, 11) is 3.12. The van der Waals surface area contributed by atoms with Crippen molar-refractivity contribution in [3.63, 3.8) is 0 Å². The minimum Gasteiger partial charge on any atom is -0.493 e. The smallest absolute Gasteiger partial charge is 0.414 e. The van der Waals surface area contributed by atoms with Gasteiger partial charge >= 0.3 is 12.2 Å². The first kappa shape index (κ1) is 25.2. The molecule has 2 atom stereocenters. The fraction of sp³-hybridized carbons (Fsp3) is 0.462. The first-order valence-corrected chi connectivity index (χ1v) is 11.7. The quantitative estimate of drug-likeness (QED) is 0.503. The fourth-order valence-electron chi connectivity index (χ4n) is 4.42. The number of anilines is 1. The van der Waals surface area contributed by atoms with E-state index in [1.807, 2.05) is 43.3 Å². The SMILES string of the molecule is CCOC(=O)N(Cc1ccccc1)[C@H]1C[C@H](CC)N(C(=O)OCC)c2cc(OC)c(OC)cc21. The van der Waals surface area contributed by atoms with Crippen molar-refractivity contribution in [2.75, 3.05) is 32.3 Å². The van der Waals surface area contributed by atoms with E-state index in [1.165, 1.54) is 0 Å². The fourth-order valence-corrected chi connectivity index (χ4v) is 4.42. The molecule has 2 amide bonds. The lowest BCUT2D eigenvalue weighted by molar-refractivity contribution is 0.0802. The van der Waals surface area contributed by atoms with Gasteiger partial charge in [0.15, 0.2) is 11.5 Å². The molecule has 0 unspecified atom stereocenters. The van der Waals surface area contributed by atoms with Crippen molar-refractivity contribution in [3.8, 4) is 11.5 Å². The Morgan fingerprint density at radius 3 is 2.21 bits per heavy atom. The summed E-state index contributed by atoms with van der Waals surface area (Å²) in [5, 5.41) is 0. The van der Waals surface area contributed by atoms with Crippen LogP contribution in [-0.2, 0) is 16.0 Å². The van der Waals surface area contributed by atoms with Crippen molar-refractivity contribution < 1.29 is 28.5 Å². The molecule has 0 bridgehead atoms. The average molecular weight is 471 g/mol. The highest BCUT2D eigenvalue weighted by Crippen LogP contribution is 2.47. The second-order valence-corrected chi connectivity index (χ2v) is 7.96. The normalized spacial score (nSPS) is 16.9. The molecule has 1 aliphatic rings. The van der Waals surface area contributed by atoms with Crippen molar-refractivity contribution in [1.29, 1.82) is 0 Å². The first-order valence-electron chi connectivity index (χ1n) is 11.7. The zero-order valence-corrected chi connectivity index (χ0v) is 20.6. The molecule has 0 saturated carbocycles. The molecule has 34 heavy (non-hydrogen) atoms. The van der Waals surface area contributed by atoms with E-state index in [1.54, 1.807) is 43.9 Å². The van der Waals surface area contributed by atoms with Gasteiger partial charge in [0.2, 0.25) is 0 Å². The maximum atomic E-state index is 13.2. The molecule has 184 valence electrons. The number of carbonyl (C=O) groups is 2. The molecular weight excluding hydrogens is 436 g/mol. The van der Waals surface area contributed by atoms with E-state index >= 15 is 0 Å². The maximum Gasteiger partial charge on any atom is 0.414 e. The summed E-state index contributed by atoms with van der Waals surface area (Å²) in [5.74, 6) is 1.02. The molecule has 0 fully saturated rings. The Morgan fingerprint density at radius 1 is 0.971 bits per heavy atom. The van der Waals surface area contributed by atoms with Gasteiger partial charge in [0.05, 0.1) is 39.2 Å². The predicted octanol–water partition coefficient (Wildman–Crippen LogP) is 5.55. The van der Waals surface area contributed by atoms with Gasteiger partial charge in [-0.2, -0.15) is 0 Å². The molecule has 2 aromatic carbocycles. The molecule has 0 spiro atoms. The Labute approximate surface area is 201 Å². The zero-order valence-electron chi connectivity index (χ0n) is 20.6. The van der Waals surface area contributed by atoms with E-state index in [9.17, 15) is 9.59 Å². The van der Waals surface area contributed by atoms with Gasteiger partial charge in [-0.05, 0) is 38.3 Å². The summed E-state index contributed by atoms with van der Waals surface area (Å²) in [6, 6.07) is 12.9. The van der Waals surface area contributed by atoms with Crippen LogP contribution in [0.25, 0.3) is 0 Å². The van der Waals surface area contributed by atoms with Gasteiger partial charge in [0.1, 0.15) is 0 Å². The third kappa shape index (κ3) is 5.21. The summed E-state index contributed by atoms with van der Waals surface area (Å²) in [6.07, 6.45) is 0.387. The third-order valence-corrected chi connectivity index (χ3v) is 6.02. The number of nitrogens with zero attached hydrogens (tertiary/aromatic N) is 2. The van der Waals surface area contributed by atoms with Crippen LogP contribution >= 0.6 is 0 Å². The highest BCUT2D eigenvalue weighted by Gasteiger charge is 2.41. The minimum absolute atomic E-state index is 0.178. The van der Waals surface area contributed by atoms with E-state index in [0.717, 1.165) is 11.1 Å². The summed E-state index contributed by atoms with van der Waals surface area (Å²) in [6.45, 7) is 6.49. The monoisotopic (exact) mass is 470 g/mol.